The maximum absolute atomic E-state index is 13.3. The van der Waals surface area contributed by atoms with Crippen LogP contribution in [0.4, 0.5) is 4.39 Å². The molecule has 9 heteroatoms. The molecule has 1 amide bonds. The molecule has 2 aliphatic rings. The maximum Gasteiger partial charge on any atom is 0.319 e. The molecule has 0 radical (unpaired) electrons. The number of hydrogen-bond donors (Lipinski definition) is 2. The third-order valence-electron chi connectivity index (χ3n) is 4.71. The van der Waals surface area contributed by atoms with Crippen molar-refractivity contribution in [2.45, 2.75) is 36.6 Å². The lowest BCUT2D eigenvalue weighted by Crippen LogP contribution is -2.52. The zero-order valence-corrected chi connectivity index (χ0v) is 14.3. The molecule has 1 aliphatic heterocycles. The van der Waals surface area contributed by atoms with Gasteiger partial charge in [0.2, 0.25) is 15.9 Å². The van der Waals surface area contributed by atoms with Crippen LogP contribution in [0, 0.1) is 11.2 Å². The largest absolute Gasteiger partial charge is 0.480 e. The number of carboxylic acids is 1. The van der Waals surface area contributed by atoms with Gasteiger partial charge in [-0.25, -0.2) is 17.5 Å². The molecular weight excluding hydrogens is 351 g/mol. The number of piperidine rings is 1. The first-order valence-electron chi connectivity index (χ1n) is 8.05. The van der Waals surface area contributed by atoms with Crippen molar-refractivity contribution in [1.29, 1.82) is 0 Å². The number of carbonyl (C=O) groups excluding carboxylic acids is 1. The van der Waals surface area contributed by atoms with Gasteiger partial charge in [0, 0.05) is 19.1 Å². The Bertz CT molecular complexity index is 806. The summed E-state index contributed by atoms with van der Waals surface area (Å²) in [7, 11) is -3.91. The van der Waals surface area contributed by atoms with Gasteiger partial charge in [-0.1, -0.05) is 6.07 Å². The number of likely N-dealkylation sites (tertiary alicyclic amines) is 1. The van der Waals surface area contributed by atoms with E-state index in [0.717, 1.165) is 12.1 Å². The van der Waals surface area contributed by atoms with Crippen LogP contribution in [0.2, 0.25) is 0 Å². The molecule has 1 saturated heterocycles. The summed E-state index contributed by atoms with van der Waals surface area (Å²) in [4.78, 5) is 25.0. The van der Waals surface area contributed by atoms with Crippen molar-refractivity contribution in [2.75, 3.05) is 13.1 Å². The van der Waals surface area contributed by atoms with Crippen molar-refractivity contribution >= 4 is 21.9 Å². The van der Waals surface area contributed by atoms with Crippen LogP contribution in [0.1, 0.15) is 25.7 Å². The van der Waals surface area contributed by atoms with Gasteiger partial charge in [-0.05, 0) is 43.9 Å². The fraction of sp³-hybridized carbons (Fsp3) is 0.500. The Morgan fingerprint density at radius 2 is 2.04 bits per heavy atom. The van der Waals surface area contributed by atoms with Gasteiger partial charge in [0.1, 0.15) is 11.2 Å². The number of nitrogens with one attached hydrogen (secondary N) is 1. The van der Waals surface area contributed by atoms with Gasteiger partial charge in [0.15, 0.2) is 0 Å². The van der Waals surface area contributed by atoms with E-state index in [-0.39, 0.29) is 11.4 Å². The molecule has 1 atom stereocenters. The fourth-order valence-corrected chi connectivity index (χ4v) is 4.42. The van der Waals surface area contributed by atoms with Gasteiger partial charge < -0.3 is 10.0 Å². The Morgan fingerprint density at radius 1 is 1.32 bits per heavy atom. The number of halogens is 1. The van der Waals surface area contributed by atoms with Crippen molar-refractivity contribution in [3.63, 3.8) is 0 Å². The predicted molar refractivity (Wildman–Crippen MR) is 85.6 cm³/mol. The van der Waals surface area contributed by atoms with E-state index in [1.54, 1.807) is 0 Å². The second-order valence-corrected chi connectivity index (χ2v) is 8.27. The van der Waals surface area contributed by atoms with E-state index in [9.17, 15) is 27.5 Å². The number of carboxylic acid groups (broad SMARTS) is 1. The van der Waals surface area contributed by atoms with Crippen molar-refractivity contribution in [1.82, 2.24) is 9.62 Å². The smallest absolute Gasteiger partial charge is 0.319 e. The minimum atomic E-state index is -3.91. The number of hydrogen-bond acceptors (Lipinski definition) is 4. The van der Waals surface area contributed by atoms with Crippen LogP contribution < -0.4 is 4.72 Å². The van der Waals surface area contributed by atoms with Gasteiger partial charge in [-0.15, -0.1) is 0 Å². The van der Waals surface area contributed by atoms with Crippen LogP contribution >= 0.6 is 0 Å². The van der Waals surface area contributed by atoms with Crippen molar-refractivity contribution < 1.29 is 27.5 Å². The highest BCUT2D eigenvalue weighted by Crippen LogP contribution is 2.47. The average Bonchev–Trinajstić information content (AvgIpc) is 3.36. The minimum absolute atomic E-state index is 0.114. The van der Waals surface area contributed by atoms with Gasteiger partial charge >= 0.3 is 5.97 Å². The molecule has 7 nitrogen and oxygen atoms in total. The van der Waals surface area contributed by atoms with E-state index in [4.69, 9.17) is 0 Å². The Balaban J connectivity index is 1.70. The Labute approximate surface area is 144 Å². The molecule has 25 heavy (non-hydrogen) atoms. The van der Waals surface area contributed by atoms with Crippen LogP contribution in [0.5, 0.6) is 0 Å². The first-order valence-corrected chi connectivity index (χ1v) is 9.54. The lowest BCUT2D eigenvalue weighted by atomic mass is 10.0. The molecule has 1 heterocycles. The number of amides is 1. The topological polar surface area (TPSA) is 104 Å². The minimum Gasteiger partial charge on any atom is -0.480 e. The lowest BCUT2D eigenvalue weighted by Gasteiger charge is -2.34. The average molecular weight is 370 g/mol. The normalized spacial score (nSPS) is 22.4. The molecule has 3 rings (SSSR count). The quantitative estimate of drug-likeness (QED) is 0.752. The first kappa shape index (κ1) is 17.8. The summed E-state index contributed by atoms with van der Waals surface area (Å²) in [5.41, 5.74) is -1.33. The van der Waals surface area contributed by atoms with E-state index < -0.39 is 39.2 Å². The van der Waals surface area contributed by atoms with Gasteiger partial charge in [-0.3, -0.25) is 9.59 Å². The molecule has 0 aromatic heterocycles. The number of rotatable bonds is 5. The number of aliphatic carboxylic acids is 1. The Kier molecular flexibility index (Phi) is 4.54. The van der Waals surface area contributed by atoms with Gasteiger partial charge in [0.25, 0.3) is 0 Å². The summed E-state index contributed by atoms with van der Waals surface area (Å²) < 4.78 is 40.5. The highest BCUT2D eigenvalue weighted by molar-refractivity contribution is 7.89. The molecule has 1 unspecified atom stereocenters. The molecule has 1 aliphatic carbocycles. The Hall–Kier alpha value is -2.00. The highest BCUT2D eigenvalue weighted by atomic mass is 32.2. The van der Waals surface area contributed by atoms with Crippen LogP contribution in [-0.2, 0) is 19.6 Å². The molecule has 136 valence electrons. The number of carbonyl (C=O) groups is 2. The van der Waals surface area contributed by atoms with Crippen LogP contribution in [0.25, 0.3) is 0 Å². The van der Waals surface area contributed by atoms with Crippen LogP contribution in [-0.4, -0.2) is 49.4 Å². The molecule has 0 bridgehead atoms. The molecule has 0 spiro atoms. The van der Waals surface area contributed by atoms with E-state index in [2.05, 4.69) is 4.72 Å². The fourth-order valence-electron chi connectivity index (χ4n) is 3.13. The van der Waals surface area contributed by atoms with Crippen LogP contribution in [0.15, 0.2) is 29.2 Å². The first-order chi connectivity index (χ1) is 11.7. The lowest BCUT2D eigenvalue weighted by molar-refractivity contribution is -0.154. The summed E-state index contributed by atoms with van der Waals surface area (Å²) in [5.74, 6) is -2.23. The van der Waals surface area contributed by atoms with Crippen molar-refractivity contribution in [3.05, 3.63) is 30.1 Å². The van der Waals surface area contributed by atoms with Crippen LogP contribution in [0.3, 0.4) is 0 Å². The summed E-state index contributed by atoms with van der Waals surface area (Å²) in [6.45, 7) is 0.522. The summed E-state index contributed by atoms with van der Waals surface area (Å²) in [6, 6.07) is 4.15. The molecule has 1 aromatic carbocycles. The van der Waals surface area contributed by atoms with Gasteiger partial charge in [-0.2, -0.15) is 0 Å². The second kappa shape index (κ2) is 6.38. The summed E-state index contributed by atoms with van der Waals surface area (Å²) in [5, 5.41) is 9.24. The third kappa shape index (κ3) is 3.52. The van der Waals surface area contributed by atoms with E-state index in [1.165, 1.54) is 17.0 Å². The second-order valence-electron chi connectivity index (χ2n) is 6.56. The number of nitrogens with zero attached hydrogens (tertiary/aromatic N) is 1. The highest BCUT2D eigenvalue weighted by Gasteiger charge is 2.58. The summed E-state index contributed by atoms with van der Waals surface area (Å²) >= 11 is 0. The van der Waals surface area contributed by atoms with Crippen molar-refractivity contribution in [3.8, 4) is 0 Å². The van der Waals surface area contributed by atoms with Crippen molar-refractivity contribution in [2.24, 2.45) is 5.41 Å². The zero-order chi connectivity index (χ0) is 18.2. The van der Waals surface area contributed by atoms with E-state index >= 15 is 0 Å². The number of benzene rings is 1. The van der Waals surface area contributed by atoms with Gasteiger partial charge in [0.05, 0.1) is 4.90 Å². The SMILES string of the molecule is O=C(O)C1(C(=O)N2CCCC(NS(=O)(=O)c3cccc(F)c3)C2)CC1. The van der Waals surface area contributed by atoms with E-state index in [0.29, 0.717) is 32.2 Å². The summed E-state index contributed by atoms with van der Waals surface area (Å²) in [6.07, 6.45) is 1.73. The Morgan fingerprint density at radius 3 is 2.64 bits per heavy atom. The molecule has 1 aromatic rings. The number of sulfonamides is 1. The maximum atomic E-state index is 13.3. The zero-order valence-electron chi connectivity index (χ0n) is 13.4. The van der Waals surface area contributed by atoms with E-state index in [1.807, 2.05) is 0 Å². The molecule has 2 fully saturated rings. The molecule has 1 saturated carbocycles. The predicted octanol–water partition coefficient (Wildman–Crippen LogP) is 0.960. The molecular formula is C16H19FN2O5S. The third-order valence-corrected chi connectivity index (χ3v) is 6.22. The standard InChI is InChI=1S/C16H19FN2O5S/c17-11-3-1-5-13(9-11)25(23,24)18-12-4-2-8-19(10-12)14(20)16(6-7-16)15(21)22/h1,3,5,9,12,18H,2,4,6-8,10H2,(H,21,22). The monoisotopic (exact) mass is 370 g/mol. The molecule has 2 N–H and O–H groups in total.